The number of nitrogen functional groups attached to an aromatic ring is 1. The highest BCUT2D eigenvalue weighted by atomic mass is 16.1. The van der Waals surface area contributed by atoms with Crippen LogP contribution in [0.3, 0.4) is 0 Å². The van der Waals surface area contributed by atoms with E-state index in [1.165, 1.54) is 4.68 Å². The molecule has 9 heteroatoms. The first-order valence-corrected chi connectivity index (χ1v) is 7.41. The van der Waals surface area contributed by atoms with Gasteiger partial charge in [-0.2, -0.15) is 5.11 Å². The zero-order valence-corrected chi connectivity index (χ0v) is 12.9. The third-order valence-electron chi connectivity index (χ3n) is 3.67. The SMILES string of the molecule is Nc1[nH]n(-c2ccccc2)c(=O)c1N=Nc1ccc2[nH]c(=O)[nH]c2c1. The zero-order chi connectivity index (χ0) is 17.4. The second kappa shape index (κ2) is 5.64. The van der Waals surface area contributed by atoms with Crippen molar-refractivity contribution in [1.29, 1.82) is 0 Å². The van der Waals surface area contributed by atoms with E-state index in [-0.39, 0.29) is 17.2 Å². The molecule has 124 valence electrons. The van der Waals surface area contributed by atoms with E-state index >= 15 is 0 Å². The van der Waals surface area contributed by atoms with Crippen molar-refractivity contribution in [2.24, 2.45) is 10.2 Å². The highest BCUT2D eigenvalue weighted by Crippen LogP contribution is 2.22. The van der Waals surface area contributed by atoms with Crippen LogP contribution in [0.15, 0.2) is 68.3 Å². The highest BCUT2D eigenvalue weighted by Gasteiger charge is 2.12. The van der Waals surface area contributed by atoms with Crippen molar-refractivity contribution in [3.63, 3.8) is 0 Å². The molecular formula is C16H13N7O2. The van der Waals surface area contributed by atoms with Crippen LogP contribution in [-0.4, -0.2) is 19.7 Å². The van der Waals surface area contributed by atoms with Crippen LogP contribution in [0.2, 0.25) is 0 Å². The van der Waals surface area contributed by atoms with Crippen LogP contribution in [0.5, 0.6) is 0 Å². The number of H-pyrrole nitrogens is 3. The van der Waals surface area contributed by atoms with Gasteiger partial charge < -0.3 is 15.7 Å². The molecule has 0 unspecified atom stereocenters. The predicted molar refractivity (Wildman–Crippen MR) is 93.9 cm³/mol. The lowest BCUT2D eigenvalue weighted by atomic mass is 10.3. The van der Waals surface area contributed by atoms with Crippen molar-refractivity contribution in [2.45, 2.75) is 0 Å². The Labute approximate surface area is 139 Å². The Morgan fingerprint density at radius 1 is 0.920 bits per heavy atom. The van der Waals surface area contributed by atoms with Gasteiger partial charge in [-0.1, -0.05) is 18.2 Å². The summed E-state index contributed by atoms with van der Waals surface area (Å²) in [5, 5.41) is 10.8. The Morgan fingerprint density at radius 2 is 1.68 bits per heavy atom. The van der Waals surface area contributed by atoms with E-state index in [1.54, 1.807) is 30.3 Å². The van der Waals surface area contributed by atoms with Crippen LogP contribution in [-0.2, 0) is 0 Å². The summed E-state index contributed by atoms with van der Waals surface area (Å²) >= 11 is 0. The van der Waals surface area contributed by atoms with Gasteiger partial charge in [0, 0.05) is 0 Å². The molecule has 2 aromatic heterocycles. The molecule has 9 nitrogen and oxygen atoms in total. The van der Waals surface area contributed by atoms with E-state index in [4.69, 9.17) is 5.73 Å². The zero-order valence-electron chi connectivity index (χ0n) is 12.9. The fourth-order valence-electron chi connectivity index (χ4n) is 2.49. The number of azo groups is 1. The first-order valence-electron chi connectivity index (χ1n) is 7.41. The molecule has 25 heavy (non-hydrogen) atoms. The monoisotopic (exact) mass is 335 g/mol. The van der Waals surface area contributed by atoms with Gasteiger partial charge >= 0.3 is 11.2 Å². The number of nitrogens with two attached hydrogens (primary N) is 1. The van der Waals surface area contributed by atoms with Crippen LogP contribution in [0.1, 0.15) is 0 Å². The number of fused-ring (bicyclic) bond motifs is 1. The number of imidazole rings is 1. The molecule has 0 fully saturated rings. The highest BCUT2D eigenvalue weighted by molar-refractivity contribution is 5.77. The molecule has 4 rings (SSSR count). The smallest absolute Gasteiger partial charge is 0.323 e. The molecule has 0 radical (unpaired) electrons. The van der Waals surface area contributed by atoms with Gasteiger partial charge in [0.1, 0.15) is 5.82 Å². The molecule has 0 aliphatic rings. The van der Waals surface area contributed by atoms with Crippen LogP contribution in [0.4, 0.5) is 17.2 Å². The predicted octanol–water partition coefficient (Wildman–Crippen LogP) is 2.33. The molecule has 0 amide bonds. The lowest BCUT2D eigenvalue weighted by molar-refractivity contribution is 0.853. The number of hydrogen-bond acceptors (Lipinski definition) is 5. The van der Waals surface area contributed by atoms with Crippen molar-refractivity contribution in [3.8, 4) is 5.69 Å². The Balaban J connectivity index is 1.72. The topological polar surface area (TPSA) is 137 Å². The number of benzene rings is 2. The lowest BCUT2D eigenvalue weighted by Crippen LogP contribution is -2.13. The van der Waals surface area contributed by atoms with Gasteiger partial charge in [-0.25, -0.2) is 9.48 Å². The average molecular weight is 335 g/mol. The Hall–Kier alpha value is -3.88. The first kappa shape index (κ1) is 14.7. The molecule has 2 heterocycles. The quantitative estimate of drug-likeness (QED) is 0.427. The third kappa shape index (κ3) is 2.63. The van der Waals surface area contributed by atoms with Gasteiger partial charge in [-0.3, -0.25) is 9.89 Å². The molecular weight excluding hydrogens is 322 g/mol. The van der Waals surface area contributed by atoms with Crippen molar-refractivity contribution >= 4 is 28.2 Å². The molecule has 0 saturated carbocycles. The van der Waals surface area contributed by atoms with Gasteiger partial charge in [-0.05, 0) is 30.3 Å². The van der Waals surface area contributed by atoms with Crippen LogP contribution in [0, 0.1) is 0 Å². The molecule has 0 atom stereocenters. The summed E-state index contributed by atoms with van der Waals surface area (Å²) in [7, 11) is 0. The average Bonchev–Trinajstić information content (AvgIpc) is 3.12. The molecule has 0 aliphatic carbocycles. The van der Waals surface area contributed by atoms with Gasteiger partial charge in [0.15, 0.2) is 5.69 Å². The maximum Gasteiger partial charge on any atom is 0.323 e. The summed E-state index contributed by atoms with van der Waals surface area (Å²) in [6.45, 7) is 0. The first-order chi connectivity index (χ1) is 12.1. The van der Waals surface area contributed by atoms with E-state index < -0.39 is 5.56 Å². The van der Waals surface area contributed by atoms with E-state index in [0.717, 1.165) is 0 Å². The van der Waals surface area contributed by atoms with Gasteiger partial charge in [-0.15, -0.1) is 5.11 Å². The van der Waals surface area contributed by atoms with E-state index in [0.29, 0.717) is 22.4 Å². The molecule has 0 spiro atoms. The number of aromatic nitrogens is 4. The summed E-state index contributed by atoms with van der Waals surface area (Å²) in [4.78, 5) is 29.0. The van der Waals surface area contributed by atoms with Crippen molar-refractivity contribution in [2.75, 3.05) is 5.73 Å². The summed E-state index contributed by atoms with van der Waals surface area (Å²) in [5.74, 6) is 0.119. The fraction of sp³-hybridized carbons (Fsp3) is 0. The number of anilines is 1. The summed E-state index contributed by atoms with van der Waals surface area (Å²) in [5.41, 5.74) is 7.57. The third-order valence-corrected chi connectivity index (χ3v) is 3.67. The van der Waals surface area contributed by atoms with E-state index in [2.05, 4.69) is 25.3 Å². The Kier molecular flexibility index (Phi) is 3.31. The number of nitrogens with zero attached hydrogens (tertiary/aromatic N) is 3. The minimum Gasteiger partial charge on any atom is -0.382 e. The van der Waals surface area contributed by atoms with Crippen molar-refractivity contribution in [3.05, 3.63) is 69.4 Å². The fourth-order valence-corrected chi connectivity index (χ4v) is 2.49. The minimum atomic E-state index is -0.399. The molecule has 0 bridgehead atoms. The number of hydrogen-bond donors (Lipinski definition) is 4. The number of aromatic amines is 3. The number of nitrogens with one attached hydrogen (secondary N) is 3. The molecule has 0 aliphatic heterocycles. The second-order valence-corrected chi connectivity index (χ2v) is 5.36. The van der Waals surface area contributed by atoms with Gasteiger partial charge in [0.25, 0.3) is 0 Å². The summed E-state index contributed by atoms with van der Waals surface area (Å²) < 4.78 is 1.30. The van der Waals surface area contributed by atoms with Crippen LogP contribution < -0.4 is 17.0 Å². The number of para-hydroxylation sites is 1. The summed E-state index contributed by atoms with van der Waals surface area (Å²) in [6, 6.07) is 14.0. The normalized spacial score (nSPS) is 11.5. The lowest BCUT2D eigenvalue weighted by Gasteiger charge is -1.98. The summed E-state index contributed by atoms with van der Waals surface area (Å²) in [6.07, 6.45) is 0. The Bertz CT molecular complexity index is 1190. The van der Waals surface area contributed by atoms with Crippen LogP contribution in [0.25, 0.3) is 16.7 Å². The van der Waals surface area contributed by atoms with E-state index in [9.17, 15) is 9.59 Å². The Morgan fingerprint density at radius 3 is 2.48 bits per heavy atom. The van der Waals surface area contributed by atoms with E-state index in [1.807, 2.05) is 18.2 Å². The maximum atomic E-state index is 12.5. The van der Waals surface area contributed by atoms with Gasteiger partial charge in [0.2, 0.25) is 0 Å². The van der Waals surface area contributed by atoms with Crippen molar-refractivity contribution < 1.29 is 0 Å². The largest absolute Gasteiger partial charge is 0.382 e. The minimum absolute atomic E-state index is 0.0199. The van der Waals surface area contributed by atoms with Crippen molar-refractivity contribution in [1.82, 2.24) is 19.7 Å². The van der Waals surface area contributed by atoms with Gasteiger partial charge in [0.05, 0.1) is 22.4 Å². The van der Waals surface area contributed by atoms with Crippen LogP contribution >= 0.6 is 0 Å². The molecule has 5 N–H and O–H groups in total. The number of rotatable bonds is 3. The molecule has 2 aromatic carbocycles. The molecule has 4 aromatic rings. The maximum absolute atomic E-state index is 12.5. The standard InChI is InChI=1S/C16H13N7O2/c17-14-13(15(24)23(22-14)10-4-2-1-3-5-10)21-20-9-6-7-11-12(8-9)19-16(25)18-11/h1-8,22H,17H2,(H2,18,19,25). The second-order valence-electron chi connectivity index (χ2n) is 5.36. The molecule has 0 saturated heterocycles.